The molecule has 1 N–H and O–H groups in total. The Balaban J connectivity index is 1.87. The van der Waals surface area contributed by atoms with Crippen LogP contribution in [0.2, 0.25) is 0 Å². The van der Waals surface area contributed by atoms with Crippen molar-refractivity contribution in [3.63, 3.8) is 0 Å². The van der Waals surface area contributed by atoms with Gasteiger partial charge in [-0.2, -0.15) is 0 Å². The minimum Gasteiger partial charge on any atom is -0.436 e. The lowest BCUT2D eigenvalue weighted by Crippen LogP contribution is -2.26. The van der Waals surface area contributed by atoms with Gasteiger partial charge >= 0.3 is 0 Å². The van der Waals surface area contributed by atoms with Crippen LogP contribution in [0.3, 0.4) is 0 Å². The van der Waals surface area contributed by atoms with E-state index in [0.29, 0.717) is 17.3 Å². The number of oxazole rings is 1. The summed E-state index contributed by atoms with van der Waals surface area (Å²) >= 11 is 0. The topological polar surface area (TPSA) is 80.9 Å². The van der Waals surface area contributed by atoms with Crippen molar-refractivity contribution in [3.05, 3.63) is 35.9 Å². The number of rotatable bonds is 1. The van der Waals surface area contributed by atoms with Gasteiger partial charge in [0.15, 0.2) is 5.58 Å². The van der Waals surface area contributed by atoms with Gasteiger partial charge in [0.05, 0.1) is 11.0 Å². The summed E-state index contributed by atoms with van der Waals surface area (Å²) in [6, 6.07) is 3.73. The van der Waals surface area contributed by atoms with Crippen molar-refractivity contribution in [2.24, 2.45) is 0 Å². The van der Waals surface area contributed by atoms with E-state index in [1.165, 1.54) is 0 Å². The van der Waals surface area contributed by atoms with Crippen LogP contribution >= 0.6 is 0 Å². The van der Waals surface area contributed by atoms with Gasteiger partial charge in [-0.15, -0.1) is 0 Å². The summed E-state index contributed by atoms with van der Waals surface area (Å²) < 4.78 is 5.78. The Morgan fingerprint density at radius 2 is 1.91 bits per heavy atom. The molecule has 4 rings (SSSR count). The second kappa shape index (κ2) is 4.13. The highest BCUT2D eigenvalue weighted by Crippen LogP contribution is 2.40. The Bertz CT molecular complexity index is 910. The van der Waals surface area contributed by atoms with Crippen molar-refractivity contribution in [2.75, 3.05) is 5.32 Å². The number of aryl methyl sites for hydroxylation is 1. The SMILES string of the molecule is Cc1ncc(-c2nc3cc4c(cc3o2)NC(=O)C4(C)C)cn1. The molecule has 0 spiro atoms. The predicted octanol–water partition coefficient (Wildman–Crippen LogP) is 2.82. The van der Waals surface area contributed by atoms with E-state index in [-0.39, 0.29) is 5.91 Å². The van der Waals surface area contributed by atoms with Crippen LogP contribution in [0.25, 0.3) is 22.6 Å². The molecule has 1 aliphatic rings. The van der Waals surface area contributed by atoms with Crippen LogP contribution in [0.1, 0.15) is 25.2 Å². The third-order valence-electron chi connectivity index (χ3n) is 4.04. The predicted molar refractivity (Wildman–Crippen MR) is 81.4 cm³/mol. The molecule has 110 valence electrons. The van der Waals surface area contributed by atoms with Gasteiger partial charge in [0.1, 0.15) is 11.3 Å². The zero-order valence-electron chi connectivity index (χ0n) is 12.5. The Kier molecular flexibility index (Phi) is 2.43. The Labute approximate surface area is 126 Å². The molecule has 22 heavy (non-hydrogen) atoms. The summed E-state index contributed by atoms with van der Waals surface area (Å²) in [4.78, 5) is 24.8. The lowest BCUT2D eigenvalue weighted by Gasteiger charge is -2.14. The molecule has 3 heterocycles. The molecule has 6 nitrogen and oxygen atoms in total. The zero-order valence-corrected chi connectivity index (χ0v) is 12.5. The number of anilines is 1. The highest BCUT2D eigenvalue weighted by Gasteiger charge is 2.39. The van der Waals surface area contributed by atoms with Crippen molar-refractivity contribution in [1.29, 1.82) is 0 Å². The molecule has 0 atom stereocenters. The second-order valence-corrected chi connectivity index (χ2v) is 5.98. The summed E-state index contributed by atoms with van der Waals surface area (Å²) in [6.45, 7) is 5.62. The van der Waals surface area contributed by atoms with Crippen molar-refractivity contribution in [2.45, 2.75) is 26.2 Å². The molecule has 1 aromatic carbocycles. The number of hydrogen-bond donors (Lipinski definition) is 1. The fraction of sp³-hybridized carbons (Fsp3) is 0.250. The van der Waals surface area contributed by atoms with Crippen molar-refractivity contribution in [1.82, 2.24) is 15.0 Å². The molecule has 0 fully saturated rings. The second-order valence-electron chi connectivity index (χ2n) is 5.98. The van der Waals surface area contributed by atoms with Crippen molar-refractivity contribution < 1.29 is 9.21 Å². The first-order valence-corrected chi connectivity index (χ1v) is 7.01. The molecule has 0 saturated carbocycles. The third-order valence-corrected chi connectivity index (χ3v) is 4.04. The number of nitrogens with one attached hydrogen (secondary N) is 1. The quantitative estimate of drug-likeness (QED) is 0.746. The van der Waals surface area contributed by atoms with Crippen LogP contribution in [0.4, 0.5) is 5.69 Å². The highest BCUT2D eigenvalue weighted by molar-refractivity contribution is 6.07. The Morgan fingerprint density at radius 1 is 1.18 bits per heavy atom. The van der Waals surface area contributed by atoms with Crippen molar-refractivity contribution >= 4 is 22.7 Å². The zero-order chi connectivity index (χ0) is 15.5. The minimum absolute atomic E-state index is 0.0117. The molecular formula is C16H14N4O2. The van der Waals surface area contributed by atoms with Gasteiger partial charge in [0.2, 0.25) is 11.8 Å². The maximum absolute atomic E-state index is 12.0. The lowest BCUT2D eigenvalue weighted by atomic mass is 9.86. The smallest absolute Gasteiger partial charge is 0.234 e. The molecule has 2 aromatic heterocycles. The molecule has 0 unspecified atom stereocenters. The van der Waals surface area contributed by atoms with Crippen molar-refractivity contribution in [3.8, 4) is 11.5 Å². The van der Waals surface area contributed by atoms with Crippen LogP contribution in [-0.2, 0) is 10.2 Å². The van der Waals surface area contributed by atoms with E-state index in [2.05, 4.69) is 20.3 Å². The van der Waals surface area contributed by atoms with Gasteiger partial charge in [-0.25, -0.2) is 15.0 Å². The number of carbonyl (C=O) groups excluding carboxylic acids is 1. The maximum Gasteiger partial charge on any atom is 0.234 e. The van der Waals surface area contributed by atoms with E-state index in [1.807, 2.05) is 32.9 Å². The van der Waals surface area contributed by atoms with E-state index in [1.54, 1.807) is 12.4 Å². The van der Waals surface area contributed by atoms with Gasteiger partial charge in [0, 0.05) is 24.1 Å². The monoisotopic (exact) mass is 294 g/mol. The Morgan fingerprint density at radius 3 is 2.64 bits per heavy atom. The van der Waals surface area contributed by atoms with E-state index in [4.69, 9.17) is 4.42 Å². The number of benzene rings is 1. The van der Waals surface area contributed by atoms with Crippen LogP contribution in [0, 0.1) is 6.92 Å². The van der Waals surface area contributed by atoms with E-state index in [0.717, 1.165) is 22.3 Å². The first kappa shape index (κ1) is 12.9. The molecular weight excluding hydrogens is 280 g/mol. The highest BCUT2D eigenvalue weighted by atomic mass is 16.3. The lowest BCUT2D eigenvalue weighted by molar-refractivity contribution is -0.119. The first-order valence-electron chi connectivity index (χ1n) is 7.01. The average Bonchev–Trinajstić information content (AvgIpc) is 2.98. The van der Waals surface area contributed by atoms with E-state index in [9.17, 15) is 4.79 Å². The van der Waals surface area contributed by atoms with Gasteiger partial charge in [-0.3, -0.25) is 4.79 Å². The minimum atomic E-state index is -0.560. The summed E-state index contributed by atoms with van der Waals surface area (Å²) in [5, 5.41) is 2.88. The summed E-state index contributed by atoms with van der Waals surface area (Å²) in [5.41, 5.74) is 3.24. The van der Waals surface area contributed by atoms with Gasteiger partial charge < -0.3 is 9.73 Å². The Hall–Kier alpha value is -2.76. The fourth-order valence-electron chi connectivity index (χ4n) is 2.62. The van der Waals surface area contributed by atoms with Crippen LogP contribution in [0.15, 0.2) is 28.9 Å². The molecule has 0 bridgehead atoms. The molecule has 1 aliphatic heterocycles. The molecule has 6 heteroatoms. The van der Waals surface area contributed by atoms with E-state index < -0.39 is 5.41 Å². The number of nitrogens with zero attached hydrogens (tertiary/aromatic N) is 3. The van der Waals surface area contributed by atoms with Crippen LogP contribution in [-0.4, -0.2) is 20.9 Å². The number of fused-ring (bicyclic) bond motifs is 2. The summed E-state index contributed by atoms with van der Waals surface area (Å²) in [7, 11) is 0. The number of carbonyl (C=O) groups is 1. The van der Waals surface area contributed by atoms with Gasteiger partial charge in [-0.05, 0) is 32.4 Å². The molecule has 0 saturated heterocycles. The molecule has 1 amide bonds. The molecule has 0 radical (unpaired) electrons. The average molecular weight is 294 g/mol. The number of amides is 1. The van der Waals surface area contributed by atoms with Gasteiger partial charge in [-0.1, -0.05) is 0 Å². The summed E-state index contributed by atoms with van der Waals surface area (Å²) in [6.07, 6.45) is 3.37. The van der Waals surface area contributed by atoms with Gasteiger partial charge in [0.25, 0.3) is 0 Å². The normalized spacial score (nSPS) is 15.9. The number of hydrogen-bond acceptors (Lipinski definition) is 5. The molecule has 3 aromatic rings. The first-order chi connectivity index (χ1) is 10.4. The van der Waals surface area contributed by atoms with Crippen LogP contribution in [0.5, 0.6) is 0 Å². The van der Waals surface area contributed by atoms with E-state index >= 15 is 0 Å². The fourth-order valence-corrected chi connectivity index (χ4v) is 2.62. The third kappa shape index (κ3) is 1.73. The van der Waals surface area contributed by atoms with Crippen LogP contribution < -0.4 is 5.32 Å². The number of aromatic nitrogens is 3. The summed E-state index contributed by atoms with van der Waals surface area (Å²) in [5.74, 6) is 1.16. The standard InChI is InChI=1S/C16H14N4O2/c1-8-17-6-9(7-18-8)14-19-12-4-10-11(5-13(12)22-14)20-15(21)16(10,2)3/h4-7H,1-3H3,(H,20,21). The molecule has 0 aliphatic carbocycles. The maximum atomic E-state index is 12.0. The largest absolute Gasteiger partial charge is 0.436 e.